The monoisotopic (exact) mass is 312 g/mol. The number of hydrogen-bond donors (Lipinski definition) is 0. The van der Waals surface area contributed by atoms with Gasteiger partial charge in [0.2, 0.25) is 5.89 Å². The summed E-state index contributed by atoms with van der Waals surface area (Å²) in [7, 11) is 0. The summed E-state index contributed by atoms with van der Waals surface area (Å²) in [4.78, 5) is 9.34. The quantitative estimate of drug-likeness (QED) is 0.870. The van der Waals surface area contributed by atoms with E-state index in [1.165, 1.54) is 24.8 Å². The summed E-state index contributed by atoms with van der Waals surface area (Å²) < 4.78 is 5.23. The number of benzene rings is 1. The highest BCUT2D eigenvalue weighted by Gasteiger charge is 2.28. The van der Waals surface area contributed by atoms with Gasteiger partial charge in [-0.1, -0.05) is 31.2 Å². The predicted molar refractivity (Wildman–Crippen MR) is 89.7 cm³/mol. The molecule has 1 atom stereocenters. The van der Waals surface area contributed by atoms with Crippen molar-refractivity contribution < 1.29 is 4.52 Å². The predicted octanol–water partition coefficient (Wildman–Crippen LogP) is 2.31. The normalized spacial score (nSPS) is 22.1. The van der Waals surface area contributed by atoms with Crippen LogP contribution in [-0.2, 0) is 19.3 Å². The van der Waals surface area contributed by atoms with Gasteiger partial charge in [0, 0.05) is 38.6 Å². The Balaban J connectivity index is 1.37. The Labute approximate surface area is 137 Å². The molecule has 5 nitrogen and oxygen atoms in total. The van der Waals surface area contributed by atoms with Crippen LogP contribution in [0.5, 0.6) is 0 Å². The lowest BCUT2D eigenvalue weighted by atomic mass is 9.87. The molecule has 0 N–H and O–H groups in total. The first kappa shape index (κ1) is 14.7. The summed E-state index contributed by atoms with van der Waals surface area (Å²) in [5.41, 5.74) is 3.08. The zero-order chi connectivity index (χ0) is 15.6. The summed E-state index contributed by atoms with van der Waals surface area (Å²) >= 11 is 0. The molecule has 0 amide bonds. The Kier molecular flexibility index (Phi) is 4.04. The molecule has 2 aliphatic rings. The van der Waals surface area contributed by atoms with E-state index in [9.17, 15) is 0 Å². The third-order valence-corrected chi connectivity index (χ3v) is 5.19. The van der Waals surface area contributed by atoms with Crippen LogP contribution < -0.4 is 4.90 Å². The van der Waals surface area contributed by atoms with Gasteiger partial charge < -0.3 is 9.42 Å². The third-order valence-electron chi connectivity index (χ3n) is 5.19. The summed E-state index contributed by atoms with van der Waals surface area (Å²) in [5.74, 6) is 1.49. The summed E-state index contributed by atoms with van der Waals surface area (Å²) in [5, 5.41) is 4.10. The average molecular weight is 312 g/mol. The molecule has 2 heterocycles. The highest BCUT2D eigenvalue weighted by Crippen LogP contribution is 2.25. The molecule has 0 radical (unpaired) electrons. The SMILES string of the molecule is CCc1nc(N2CCN(C3CCc4ccccc4C3)CC2)no1. The van der Waals surface area contributed by atoms with Gasteiger partial charge in [-0.05, 0) is 35.5 Å². The van der Waals surface area contributed by atoms with Crippen LogP contribution in [0.3, 0.4) is 0 Å². The van der Waals surface area contributed by atoms with E-state index in [1.54, 1.807) is 5.56 Å². The highest BCUT2D eigenvalue weighted by atomic mass is 16.5. The topological polar surface area (TPSA) is 45.4 Å². The van der Waals surface area contributed by atoms with Crippen LogP contribution in [0.25, 0.3) is 0 Å². The van der Waals surface area contributed by atoms with E-state index in [1.807, 2.05) is 6.92 Å². The van der Waals surface area contributed by atoms with Gasteiger partial charge in [0.05, 0.1) is 0 Å². The van der Waals surface area contributed by atoms with Crippen molar-refractivity contribution in [3.8, 4) is 0 Å². The van der Waals surface area contributed by atoms with Gasteiger partial charge in [0.25, 0.3) is 5.95 Å². The molecule has 1 unspecified atom stereocenters. The Morgan fingerprint density at radius 2 is 1.91 bits per heavy atom. The molecule has 122 valence electrons. The lowest BCUT2D eigenvalue weighted by Crippen LogP contribution is -2.52. The van der Waals surface area contributed by atoms with E-state index in [2.05, 4.69) is 44.2 Å². The van der Waals surface area contributed by atoms with Gasteiger partial charge in [-0.15, -0.1) is 0 Å². The molecule has 0 saturated carbocycles. The molecule has 0 bridgehead atoms. The van der Waals surface area contributed by atoms with Crippen molar-refractivity contribution in [3.05, 3.63) is 41.3 Å². The maximum absolute atomic E-state index is 5.23. The lowest BCUT2D eigenvalue weighted by molar-refractivity contribution is 0.169. The lowest BCUT2D eigenvalue weighted by Gasteiger charge is -2.40. The summed E-state index contributed by atoms with van der Waals surface area (Å²) in [6, 6.07) is 9.59. The number of anilines is 1. The van der Waals surface area contributed by atoms with Crippen LogP contribution in [0, 0.1) is 0 Å². The molecule has 1 fully saturated rings. The maximum Gasteiger partial charge on any atom is 0.266 e. The zero-order valence-electron chi connectivity index (χ0n) is 13.7. The van der Waals surface area contributed by atoms with Gasteiger partial charge in [-0.2, -0.15) is 4.98 Å². The number of rotatable bonds is 3. The van der Waals surface area contributed by atoms with Gasteiger partial charge >= 0.3 is 0 Å². The number of aromatic nitrogens is 2. The number of fused-ring (bicyclic) bond motifs is 1. The fraction of sp³-hybridized carbons (Fsp3) is 0.556. The van der Waals surface area contributed by atoms with E-state index in [-0.39, 0.29) is 0 Å². The molecule has 4 rings (SSSR count). The second kappa shape index (κ2) is 6.32. The van der Waals surface area contributed by atoms with Crippen molar-refractivity contribution in [1.29, 1.82) is 0 Å². The van der Waals surface area contributed by atoms with Gasteiger partial charge in [-0.3, -0.25) is 4.90 Å². The van der Waals surface area contributed by atoms with Crippen molar-refractivity contribution in [2.75, 3.05) is 31.1 Å². The van der Waals surface area contributed by atoms with Crippen molar-refractivity contribution in [2.45, 2.75) is 38.6 Å². The minimum atomic E-state index is 0.684. The number of hydrogen-bond acceptors (Lipinski definition) is 5. The molecule has 1 saturated heterocycles. The Morgan fingerprint density at radius 1 is 1.13 bits per heavy atom. The van der Waals surface area contributed by atoms with Crippen LogP contribution in [0.4, 0.5) is 5.95 Å². The van der Waals surface area contributed by atoms with E-state index in [4.69, 9.17) is 4.52 Å². The van der Waals surface area contributed by atoms with Crippen molar-refractivity contribution >= 4 is 5.95 Å². The average Bonchev–Trinajstić information content (AvgIpc) is 3.11. The molecule has 5 heteroatoms. The van der Waals surface area contributed by atoms with Gasteiger partial charge in [-0.25, -0.2) is 0 Å². The Morgan fingerprint density at radius 3 is 2.65 bits per heavy atom. The van der Waals surface area contributed by atoms with Crippen LogP contribution in [0.15, 0.2) is 28.8 Å². The zero-order valence-corrected chi connectivity index (χ0v) is 13.7. The highest BCUT2D eigenvalue weighted by molar-refractivity contribution is 5.31. The number of nitrogens with zero attached hydrogens (tertiary/aromatic N) is 4. The molecule has 2 aromatic rings. The second-order valence-electron chi connectivity index (χ2n) is 6.53. The number of piperazine rings is 1. The standard InChI is InChI=1S/C18H24N4O/c1-2-17-19-18(20-23-17)22-11-9-21(10-12-22)16-8-7-14-5-3-4-6-15(14)13-16/h3-6,16H,2,7-13H2,1H3. The number of aryl methyl sites for hydroxylation is 2. The largest absolute Gasteiger partial charge is 0.337 e. The molecule has 1 aromatic heterocycles. The molecule has 23 heavy (non-hydrogen) atoms. The first-order valence-electron chi connectivity index (χ1n) is 8.72. The first-order valence-corrected chi connectivity index (χ1v) is 8.72. The van der Waals surface area contributed by atoms with Crippen molar-refractivity contribution in [1.82, 2.24) is 15.0 Å². The molecule has 1 aromatic carbocycles. The Hall–Kier alpha value is -1.88. The fourth-order valence-electron chi connectivity index (χ4n) is 3.80. The van der Waals surface area contributed by atoms with Crippen molar-refractivity contribution in [3.63, 3.8) is 0 Å². The van der Waals surface area contributed by atoms with E-state index in [0.717, 1.165) is 44.4 Å². The van der Waals surface area contributed by atoms with E-state index >= 15 is 0 Å². The van der Waals surface area contributed by atoms with Crippen molar-refractivity contribution in [2.24, 2.45) is 0 Å². The van der Waals surface area contributed by atoms with Crippen LogP contribution in [0.2, 0.25) is 0 Å². The van der Waals surface area contributed by atoms with Gasteiger partial charge in [0.1, 0.15) is 0 Å². The minimum absolute atomic E-state index is 0.684. The minimum Gasteiger partial charge on any atom is -0.337 e. The second-order valence-corrected chi connectivity index (χ2v) is 6.53. The third kappa shape index (κ3) is 2.98. The first-order chi connectivity index (χ1) is 11.3. The molecule has 0 spiro atoms. The van der Waals surface area contributed by atoms with Crippen LogP contribution in [-0.4, -0.2) is 47.3 Å². The van der Waals surface area contributed by atoms with Crippen LogP contribution >= 0.6 is 0 Å². The maximum atomic E-state index is 5.23. The Bertz CT molecular complexity index is 661. The fourth-order valence-corrected chi connectivity index (χ4v) is 3.80. The van der Waals surface area contributed by atoms with Crippen LogP contribution in [0.1, 0.15) is 30.4 Å². The molecular weight excluding hydrogens is 288 g/mol. The molecule has 1 aliphatic heterocycles. The molecule has 1 aliphatic carbocycles. The molecular formula is C18H24N4O. The smallest absolute Gasteiger partial charge is 0.266 e. The summed E-state index contributed by atoms with van der Waals surface area (Å²) in [6.07, 6.45) is 4.48. The van der Waals surface area contributed by atoms with E-state index in [0.29, 0.717) is 6.04 Å². The summed E-state index contributed by atoms with van der Waals surface area (Å²) in [6.45, 7) is 6.18. The van der Waals surface area contributed by atoms with Gasteiger partial charge in [0.15, 0.2) is 0 Å². The van der Waals surface area contributed by atoms with E-state index < -0.39 is 0 Å².